The van der Waals surface area contributed by atoms with E-state index in [2.05, 4.69) is 22.5 Å². The number of rotatable bonds is 3. The number of nitrogens with one attached hydrogen (secondary N) is 1. The fourth-order valence-corrected chi connectivity index (χ4v) is 2.68. The van der Waals surface area contributed by atoms with Gasteiger partial charge in [-0.3, -0.25) is 0 Å². The molecule has 1 unspecified atom stereocenters. The molecule has 0 aliphatic carbocycles. The first-order valence-corrected chi connectivity index (χ1v) is 7.76. The number of primary amides is 1. The van der Waals surface area contributed by atoms with Gasteiger partial charge in [0.05, 0.1) is 17.4 Å². The van der Waals surface area contributed by atoms with Crippen LogP contribution in [0.5, 0.6) is 0 Å². The fourth-order valence-electron chi connectivity index (χ4n) is 2.68. The summed E-state index contributed by atoms with van der Waals surface area (Å²) in [7, 11) is 2.12. The number of piperidine rings is 1. The summed E-state index contributed by atoms with van der Waals surface area (Å²) >= 11 is 0. The molecule has 2 aliphatic rings. The Labute approximate surface area is 145 Å². The first-order valence-electron chi connectivity index (χ1n) is 7.76. The Morgan fingerprint density at radius 2 is 1.80 bits per heavy atom. The van der Waals surface area contributed by atoms with Crippen molar-refractivity contribution < 1.29 is 29.3 Å². The Morgan fingerprint density at radius 3 is 2.24 bits per heavy atom. The molecule has 140 valence electrons. The molecular weight excluding hydrogens is 332 g/mol. The highest BCUT2D eigenvalue weighted by Crippen LogP contribution is 2.37. The lowest BCUT2D eigenvalue weighted by atomic mass is 9.88. The molecule has 1 atom stereocenters. The zero-order valence-corrected chi connectivity index (χ0v) is 14.3. The predicted octanol–water partition coefficient (Wildman–Crippen LogP) is -0.00430. The number of aliphatic carboxylic acids is 2. The van der Waals surface area contributed by atoms with Gasteiger partial charge in [-0.05, 0) is 26.8 Å². The number of hydrazone groups is 1. The molecule has 0 radical (unpaired) electrons. The molecule has 0 aromatic rings. The molecular formula is C15H24N4O6. The first kappa shape index (κ1) is 20.6. The Balaban J connectivity index is 0.000000333. The van der Waals surface area contributed by atoms with Gasteiger partial charge in [-0.2, -0.15) is 5.10 Å². The van der Waals surface area contributed by atoms with E-state index in [-0.39, 0.29) is 11.7 Å². The molecule has 1 spiro atoms. The molecule has 25 heavy (non-hydrogen) atoms. The smallest absolute Gasteiger partial charge is 0.332 e. The second kappa shape index (κ2) is 9.14. The molecule has 2 heterocycles. The molecule has 2 aliphatic heterocycles. The number of nitrogens with zero attached hydrogens (tertiary/aromatic N) is 2. The lowest BCUT2D eigenvalue weighted by molar-refractivity contribution is -0.134. The minimum absolute atomic E-state index is 0.0368. The van der Waals surface area contributed by atoms with Gasteiger partial charge in [0.1, 0.15) is 0 Å². The number of nitrogens with two attached hydrogens (primary N) is 1. The van der Waals surface area contributed by atoms with Crippen LogP contribution in [0.25, 0.3) is 0 Å². The summed E-state index contributed by atoms with van der Waals surface area (Å²) in [5.41, 5.74) is 8.09. The lowest BCUT2D eigenvalue weighted by Gasteiger charge is -2.36. The van der Waals surface area contributed by atoms with Crippen molar-refractivity contribution in [1.29, 1.82) is 0 Å². The van der Waals surface area contributed by atoms with Crippen molar-refractivity contribution in [3.8, 4) is 0 Å². The summed E-state index contributed by atoms with van der Waals surface area (Å²) in [6.07, 6.45) is 3.91. The van der Waals surface area contributed by atoms with E-state index < -0.39 is 18.0 Å². The zero-order valence-electron chi connectivity index (χ0n) is 14.3. The molecule has 0 aromatic heterocycles. The van der Waals surface area contributed by atoms with Gasteiger partial charge >= 0.3 is 18.0 Å². The van der Waals surface area contributed by atoms with Gasteiger partial charge in [0.15, 0.2) is 0 Å². The Kier molecular flexibility index (Phi) is 7.52. The van der Waals surface area contributed by atoms with Crippen LogP contribution in [-0.4, -0.2) is 70.6 Å². The average molecular weight is 356 g/mol. The van der Waals surface area contributed by atoms with Crippen LogP contribution in [0.4, 0.5) is 4.79 Å². The lowest BCUT2D eigenvalue weighted by Crippen LogP contribution is -2.42. The van der Waals surface area contributed by atoms with Crippen LogP contribution in [0.15, 0.2) is 17.3 Å². The highest BCUT2D eigenvalue weighted by atomic mass is 16.5. The number of amides is 2. The van der Waals surface area contributed by atoms with Crippen molar-refractivity contribution in [3.05, 3.63) is 12.2 Å². The van der Waals surface area contributed by atoms with E-state index in [1.54, 1.807) is 0 Å². The van der Waals surface area contributed by atoms with Gasteiger partial charge < -0.3 is 25.6 Å². The molecule has 5 N–H and O–H groups in total. The highest BCUT2D eigenvalue weighted by molar-refractivity contribution is 5.92. The number of hydrogen-bond donors (Lipinski definition) is 4. The van der Waals surface area contributed by atoms with Crippen LogP contribution >= 0.6 is 0 Å². The largest absolute Gasteiger partial charge is 0.478 e. The van der Waals surface area contributed by atoms with Crippen LogP contribution in [0, 0.1) is 0 Å². The van der Waals surface area contributed by atoms with E-state index in [1.165, 1.54) is 0 Å². The maximum atomic E-state index is 10.6. The zero-order chi connectivity index (χ0) is 19.0. The number of ether oxygens (including phenoxy) is 1. The normalized spacial score (nSPS) is 24.1. The van der Waals surface area contributed by atoms with E-state index in [9.17, 15) is 14.4 Å². The number of likely N-dealkylation sites (tertiary alicyclic amines) is 1. The summed E-state index contributed by atoms with van der Waals surface area (Å²) in [6.45, 7) is 4.06. The molecule has 10 heteroatoms. The van der Waals surface area contributed by atoms with Crippen molar-refractivity contribution >= 4 is 23.7 Å². The third-order valence-corrected chi connectivity index (χ3v) is 3.98. The van der Waals surface area contributed by atoms with Crippen LogP contribution in [0.3, 0.4) is 0 Å². The fraction of sp³-hybridized carbons (Fsp3) is 0.600. The number of carboxylic acid groups (broad SMARTS) is 2. The molecule has 10 nitrogen and oxygen atoms in total. The quantitative estimate of drug-likeness (QED) is 0.409. The Bertz CT molecular complexity index is 550. The predicted molar refractivity (Wildman–Crippen MR) is 89.2 cm³/mol. The number of hydrogen-bond acceptors (Lipinski definition) is 6. The van der Waals surface area contributed by atoms with Gasteiger partial charge in [-0.15, -0.1) is 0 Å². The highest BCUT2D eigenvalue weighted by Gasteiger charge is 2.44. The van der Waals surface area contributed by atoms with Crippen molar-refractivity contribution in [2.24, 2.45) is 10.8 Å². The second-order valence-electron chi connectivity index (χ2n) is 6.01. The number of carbonyl (C=O) groups is 3. The number of urea groups is 1. The van der Waals surface area contributed by atoms with Gasteiger partial charge in [-0.25, -0.2) is 19.8 Å². The van der Waals surface area contributed by atoms with Gasteiger partial charge in [0, 0.05) is 31.7 Å². The van der Waals surface area contributed by atoms with Crippen molar-refractivity contribution in [1.82, 2.24) is 10.3 Å². The molecule has 2 amide bonds. The van der Waals surface area contributed by atoms with E-state index in [4.69, 9.17) is 20.7 Å². The Morgan fingerprint density at radius 1 is 1.28 bits per heavy atom. The molecule has 2 rings (SSSR count). The summed E-state index contributed by atoms with van der Waals surface area (Å²) in [6, 6.07) is -0.631. The molecule has 2 fully saturated rings. The minimum Gasteiger partial charge on any atom is -0.478 e. The van der Waals surface area contributed by atoms with E-state index in [0.29, 0.717) is 12.2 Å². The number of carboxylic acids is 2. The summed E-state index contributed by atoms with van der Waals surface area (Å²) in [5.74, 6) is -2.51. The van der Waals surface area contributed by atoms with Crippen LogP contribution < -0.4 is 11.2 Å². The average Bonchev–Trinajstić information content (AvgIpc) is 2.83. The van der Waals surface area contributed by atoms with Crippen molar-refractivity contribution in [2.45, 2.75) is 37.9 Å². The maximum absolute atomic E-state index is 10.6. The number of carbonyl (C=O) groups excluding carboxylic acids is 1. The van der Waals surface area contributed by atoms with E-state index >= 15 is 0 Å². The van der Waals surface area contributed by atoms with Crippen LogP contribution in [0.2, 0.25) is 0 Å². The van der Waals surface area contributed by atoms with Gasteiger partial charge in [0.25, 0.3) is 0 Å². The topological polar surface area (TPSA) is 155 Å². The minimum atomic E-state index is -1.26. The standard InChI is InChI=1S/C11H20N4O2.C4H4O4/c1-8-9(13-14-10(12)16)7-11(17-8)3-5-15(2)6-4-11;5-3(6)1-2-4(7)8/h8H,3-7H2,1-2H3,(H3,12,14,16);1-2H,(H,5,6)(H,7,8). The maximum Gasteiger partial charge on any atom is 0.332 e. The SMILES string of the molecule is CC1OC2(CCN(C)CC2)CC1=NNC(N)=O.O=C(O)C=CC(=O)O. The molecule has 0 bridgehead atoms. The van der Waals surface area contributed by atoms with Gasteiger partial charge in [-0.1, -0.05) is 0 Å². The molecule has 2 saturated heterocycles. The van der Waals surface area contributed by atoms with E-state index in [1.807, 2.05) is 6.92 Å². The Hall–Kier alpha value is -2.46. The first-order chi connectivity index (χ1) is 11.6. The summed E-state index contributed by atoms with van der Waals surface area (Å²) < 4.78 is 6.03. The van der Waals surface area contributed by atoms with Crippen molar-refractivity contribution in [2.75, 3.05) is 20.1 Å². The van der Waals surface area contributed by atoms with Gasteiger partial charge in [0.2, 0.25) is 0 Å². The monoisotopic (exact) mass is 356 g/mol. The van der Waals surface area contributed by atoms with Crippen LogP contribution in [-0.2, 0) is 14.3 Å². The molecule has 0 aromatic carbocycles. The summed E-state index contributed by atoms with van der Waals surface area (Å²) in [5, 5.41) is 19.7. The second-order valence-corrected chi connectivity index (χ2v) is 6.01. The third-order valence-electron chi connectivity index (χ3n) is 3.98. The van der Waals surface area contributed by atoms with Crippen molar-refractivity contribution in [3.63, 3.8) is 0 Å². The molecule has 0 saturated carbocycles. The van der Waals surface area contributed by atoms with E-state index in [0.717, 1.165) is 38.1 Å². The third kappa shape index (κ3) is 7.31. The summed E-state index contributed by atoms with van der Waals surface area (Å²) in [4.78, 5) is 32.0. The van der Waals surface area contributed by atoms with Crippen LogP contribution in [0.1, 0.15) is 26.2 Å².